The standard InChI is InChI=1S/C19H27N3O4S/c1-15(19(24)21-9-3-4-10-21)20-11-13-22(14-12-20)27(25,26)18-7-5-17(6-8-18)16(2)23/h5-8,15H,3-4,9-14H2,1-2H3/t15-/m1/s1. The SMILES string of the molecule is CC(=O)c1ccc(S(=O)(=O)N2CCN([C@H](C)C(=O)N3CCCC3)CC2)cc1. The average molecular weight is 394 g/mol. The fraction of sp³-hybridized carbons (Fsp3) is 0.579. The Hall–Kier alpha value is -1.77. The maximum atomic E-state index is 12.8. The zero-order valence-electron chi connectivity index (χ0n) is 15.9. The topological polar surface area (TPSA) is 78.0 Å². The molecule has 0 unspecified atom stereocenters. The van der Waals surface area contributed by atoms with Gasteiger partial charge in [-0.2, -0.15) is 4.31 Å². The molecule has 2 aliphatic rings. The molecule has 1 atom stereocenters. The van der Waals surface area contributed by atoms with Crippen molar-refractivity contribution in [1.82, 2.24) is 14.1 Å². The van der Waals surface area contributed by atoms with E-state index in [0.717, 1.165) is 25.9 Å². The second kappa shape index (κ2) is 8.08. The zero-order chi connectivity index (χ0) is 19.6. The molecule has 2 aliphatic heterocycles. The summed E-state index contributed by atoms with van der Waals surface area (Å²) >= 11 is 0. The summed E-state index contributed by atoms with van der Waals surface area (Å²) in [5.74, 6) is 0.0489. The highest BCUT2D eigenvalue weighted by Gasteiger charge is 2.33. The second-order valence-electron chi connectivity index (χ2n) is 7.23. The molecule has 1 aromatic carbocycles. The molecule has 2 fully saturated rings. The number of rotatable bonds is 5. The van der Waals surface area contributed by atoms with E-state index in [4.69, 9.17) is 0 Å². The second-order valence-corrected chi connectivity index (χ2v) is 9.17. The fourth-order valence-corrected chi connectivity index (χ4v) is 5.12. The lowest BCUT2D eigenvalue weighted by Gasteiger charge is -2.37. The predicted octanol–water partition coefficient (Wildman–Crippen LogP) is 1.21. The van der Waals surface area contributed by atoms with Gasteiger partial charge in [0.1, 0.15) is 0 Å². The van der Waals surface area contributed by atoms with E-state index in [0.29, 0.717) is 31.7 Å². The summed E-state index contributed by atoms with van der Waals surface area (Å²) in [6.07, 6.45) is 2.12. The lowest BCUT2D eigenvalue weighted by Crippen LogP contribution is -2.55. The van der Waals surface area contributed by atoms with Crippen molar-refractivity contribution in [3.05, 3.63) is 29.8 Å². The highest BCUT2D eigenvalue weighted by Crippen LogP contribution is 2.20. The normalized spacial score (nSPS) is 20.6. The van der Waals surface area contributed by atoms with E-state index in [9.17, 15) is 18.0 Å². The van der Waals surface area contributed by atoms with Gasteiger partial charge in [0.15, 0.2) is 5.78 Å². The van der Waals surface area contributed by atoms with Crippen LogP contribution in [0.25, 0.3) is 0 Å². The van der Waals surface area contributed by atoms with Crippen molar-refractivity contribution in [3.63, 3.8) is 0 Å². The first-order chi connectivity index (χ1) is 12.8. The molecule has 2 saturated heterocycles. The van der Waals surface area contributed by atoms with Crippen LogP contribution in [0.2, 0.25) is 0 Å². The van der Waals surface area contributed by atoms with Crippen LogP contribution in [-0.4, -0.2) is 79.5 Å². The van der Waals surface area contributed by atoms with Gasteiger partial charge in [-0.05, 0) is 38.8 Å². The van der Waals surface area contributed by atoms with Crippen molar-refractivity contribution >= 4 is 21.7 Å². The van der Waals surface area contributed by atoms with Crippen molar-refractivity contribution < 1.29 is 18.0 Å². The molecule has 7 nitrogen and oxygen atoms in total. The number of carbonyl (C=O) groups excluding carboxylic acids is 2. The molecule has 8 heteroatoms. The van der Waals surface area contributed by atoms with Gasteiger partial charge in [0.25, 0.3) is 0 Å². The van der Waals surface area contributed by atoms with Gasteiger partial charge in [-0.25, -0.2) is 8.42 Å². The van der Waals surface area contributed by atoms with Gasteiger partial charge in [0.2, 0.25) is 15.9 Å². The maximum absolute atomic E-state index is 12.8. The quantitative estimate of drug-likeness (QED) is 0.703. The molecule has 148 valence electrons. The molecule has 1 aromatic rings. The minimum absolute atomic E-state index is 0.0933. The lowest BCUT2D eigenvalue weighted by molar-refractivity contribution is -0.135. The number of hydrogen-bond acceptors (Lipinski definition) is 5. The van der Waals surface area contributed by atoms with Crippen LogP contribution in [0.5, 0.6) is 0 Å². The summed E-state index contributed by atoms with van der Waals surface area (Å²) in [6, 6.07) is 5.84. The van der Waals surface area contributed by atoms with E-state index < -0.39 is 10.0 Å². The molecule has 0 aliphatic carbocycles. The van der Waals surface area contributed by atoms with Crippen LogP contribution in [0, 0.1) is 0 Å². The molecule has 0 radical (unpaired) electrons. The van der Waals surface area contributed by atoms with E-state index in [1.165, 1.54) is 23.4 Å². The zero-order valence-corrected chi connectivity index (χ0v) is 16.7. The summed E-state index contributed by atoms with van der Waals surface area (Å²) in [5, 5.41) is 0. The molecule has 0 saturated carbocycles. The Bertz CT molecular complexity index is 793. The smallest absolute Gasteiger partial charge is 0.243 e. The van der Waals surface area contributed by atoms with E-state index in [1.807, 2.05) is 11.8 Å². The molecule has 3 rings (SSSR count). The van der Waals surface area contributed by atoms with Crippen molar-refractivity contribution in [3.8, 4) is 0 Å². The van der Waals surface area contributed by atoms with Crippen molar-refractivity contribution in [2.45, 2.75) is 37.6 Å². The number of benzene rings is 1. The third kappa shape index (κ3) is 4.23. The highest BCUT2D eigenvalue weighted by molar-refractivity contribution is 7.89. The molecular formula is C19H27N3O4S. The first-order valence-corrected chi connectivity index (χ1v) is 10.9. The van der Waals surface area contributed by atoms with Crippen LogP contribution in [0.1, 0.15) is 37.0 Å². The number of Topliss-reactive ketones (excluding diaryl/α,β-unsaturated/α-hetero) is 1. The van der Waals surface area contributed by atoms with Crippen molar-refractivity contribution in [2.24, 2.45) is 0 Å². The lowest BCUT2D eigenvalue weighted by atomic mass is 10.2. The highest BCUT2D eigenvalue weighted by atomic mass is 32.2. The minimum atomic E-state index is -3.59. The molecule has 0 bridgehead atoms. The molecule has 0 aromatic heterocycles. The maximum Gasteiger partial charge on any atom is 0.243 e. The summed E-state index contributed by atoms with van der Waals surface area (Å²) in [5.41, 5.74) is 0.494. The minimum Gasteiger partial charge on any atom is -0.341 e. The van der Waals surface area contributed by atoms with E-state index in [1.54, 1.807) is 12.1 Å². The van der Waals surface area contributed by atoms with Gasteiger partial charge >= 0.3 is 0 Å². The number of hydrogen-bond donors (Lipinski definition) is 0. The van der Waals surface area contributed by atoms with E-state index in [2.05, 4.69) is 4.90 Å². The molecular weight excluding hydrogens is 366 g/mol. The predicted molar refractivity (Wildman–Crippen MR) is 102 cm³/mol. The van der Waals surface area contributed by atoms with Gasteiger partial charge in [-0.1, -0.05) is 12.1 Å². The Kier molecular flexibility index (Phi) is 5.98. The van der Waals surface area contributed by atoms with Crippen molar-refractivity contribution in [2.75, 3.05) is 39.3 Å². The monoisotopic (exact) mass is 393 g/mol. The van der Waals surface area contributed by atoms with Crippen LogP contribution in [-0.2, 0) is 14.8 Å². The van der Waals surface area contributed by atoms with Crippen LogP contribution in [0.3, 0.4) is 0 Å². The third-order valence-electron chi connectivity index (χ3n) is 5.49. The average Bonchev–Trinajstić information content (AvgIpc) is 3.21. The number of sulfonamides is 1. The molecule has 0 N–H and O–H groups in total. The van der Waals surface area contributed by atoms with Gasteiger partial charge in [0, 0.05) is 44.8 Å². The molecule has 27 heavy (non-hydrogen) atoms. The number of carbonyl (C=O) groups is 2. The van der Waals surface area contributed by atoms with E-state index in [-0.39, 0.29) is 22.6 Å². The summed E-state index contributed by atoms with van der Waals surface area (Å²) in [6.45, 7) is 6.79. The van der Waals surface area contributed by atoms with Gasteiger partial charge in [-0.15, -0.1) is 0 Å². The first-order valence-electron chi connectivity index (χ1n) is 9.44. The summed E-state index contributed by atoms with van der Waals surface area (Å²) in [7, 11) is -3.59. The Morgan fingerprint density at radius 2 is 1.48 bits per heavy atom. The molecule has 2 heterocycles. The third-order valence-corrected chi connectivity index (χ3v) is 7.41. The van der Waals surface area contributed by atoms with Crippen molar-refractivity contribution in [1.29, 1.82) is 0 Å². The summed E-state index contributed by atoms with van der Waals surface area (Å²) in [4.78, 5) is 28.1. The Balaban J connectivity index is 1.62. The number of likely N-dealkylation sites (tertiary alicyclic amines) is 1. The first kappa shape index (κ1) is 20.0. The van der Waals surface area contributed by atoms with Crippen LogP contribution in [0.4, 0.5) is 0 Å². The number of piperazine rings is 1. The fourth-order valence-electron chi connectivity index (χ4n) is 3.70. The Labute approximate surface area is 161 Å². The van der Waals surface area contributed by atoms with Crippen LogP contribution < -0.4 is 0 Å². The largest absolute Gasteiger partial charge is 0.341 e. The van der Waals surface area contributed by atoms with Gasteiger partial charge < -0.3 is 4.90 Å². The Morgan fingerprint density at radius 3 is 2.00 bits per heavy atom. The van der Waals surface area contributed by atoms with Crippen LogP contribution in [0.15, 0.2) is 29.2 Å². The number of ketones is 1. The number of nitrogens with zero attached hydrogens (tertiary/aromatic N) is 3. The molecule has 0 spiro atoms. The summed E-state index contributed by atoms with van der Waals surface area (Å²) < 4.78 is 27.1. The number of amides is 1. The van der Waals surface area contributed by atoms with Crippen LogP contribution >= 0.6 is 0 Å². The molecule has 1 amide bonds. The van der Waals surface area contributed by atoms with Gasteiger partial charge in [0.05, 0.1) is 10.9 Å². The van der Waals surface area contributed by atoms with E-state index >= 15 is 0 Å². The Morgan fingerprint density at radius 1 is 0.926 bits per heavy atom. The van der Waals surface area contributed by atoms with Gasteiger partial charge in [-0.3, -0.25) is 14.5 Å².